The average Bonchev–Trinajstić information content (AvgIpc) is 2.76. The molecule has 0 aromatic carbocycles. The van der Waals surface area contributed by atoms with Gasteiger partial charge in [0, 0.05) is 6.20 Å². The second-order valence-corrected chi connectivity index (χ2v) is 10.8. The lowest BCUT2D eigenvalue weighted by atomic mass is 10.0. The summed E-state index contributed by atoms with van der Waals surface area (Å²) in [4.78, 5) is 38.0. The van der Waals surface area contributed by atoms with Gasteiger partial charge in [0.1, 0.15) is 17.4 Å². The van der Waals surface area contributed by atoms with E-state index in [1.165, 1.54) is 6.07 Å². The van der Waals surface area contributed by atoms with Crippen molar-refractivity contribution in [1.29, 1.82) is 0 Å². The molecule has 1 fully saturated rings. The van der Waals surface area contributed by atoms with Gasteiger partial charge in [-0.3, -0.25) is 9.09 Å². The van der Waals surface area contributed by atoms with Crippen LogP contribution in [-0.4, -0.2) is 59.0 Å². The molecule has 172 valence electrons. The van der Waals surface area contributed by atoms with Gasteiger partial charge in [-0.15, -0.1) is 0 Å². The zero-order valence-electron chi connectivity index (χ0n) is 14.0. The fourth-order valence-corrected chi connectivity index (χ4v) is 5.83. The maximum absolute atomic E-state index is 15.1. The van der Waals surface area contributed by atoms with Crippen molar-refractivity contribution in [2.24, 2.45) is 0 Å². The number of aromatic nitrogens is 2. The molecule has 0 bridgehead atoms. The lowest BCUT2D eigenvalue weighted by Gasteiger charge is -2.26. The van der Waals surface area contributed by atoms with Crippen molar-refractivity contribution in [2.75, 3.05) is 6.67 Å². The Bertz CT molecular complexity index is 1060. The summed E-state index contributed by atoms with van der Waals surface area (Å²) in [6, 6.07) is 1.20. The molecule has 21 heteroatoms. The van der Waals surface area contributed by atoms with Crippen LogP contribution in [0.25, 0.3) is 0 Å². The first-order valence-electron chi connectivity index (χ1n) is 7.22. The van der Waals surface area contributed by atoms with Crippen molar-refractivity contribution in [2.45, 2.75) is 24.3 Å². The van der Waals surface area contributed by atoms with E-state index < -0.39 is 54.4 Å². The largest absolute Gasteiger partial charge is 0.490 e. The summed E-state index contributed by atoms with van der Waals surface area (Å²) in [5.74, 6) is 0. The van der Waals surface area contributed by atoms with Gasteiger partial charge in [-0.05, 0) is 18.3 Å². The van der Waals surface area contributed by atoms with Gasteiger partial charge in [-0.1, -0.05) is 12.2 Å². The number of rotatable bonds is 8. The normalized spacial score (nSPS) is 31.2. The number of aromatic amines is 1. The number of H-pyrrole nitrogens is 1. The monoisotopic (exact) mass is 536 g/mol. The molecule has 2 rings (SSSR count). The summed E-state index contributed by atoms with van der Waals surface area (Å²) in [7, 11) is -17.3. The third-order valence-corrected chi connectivity index (χ3v) is 7.74. The van der Waals surface area contributed by atoms with Crippen molar-refractivity contribution in [3.63, 3.8) is 0 Å². The number of nitrogens with one attached hydrogen (secondary N) is 1. The maximum Gasteiger partial charge on any atom is 0.490 e. The van der Waals surface area contributed by atoms with Gasteiger partial charge in [0.25, 0.3) is 0 Å². The number of hydrogen-bond donors (Lipinski definition) is 6. The summed E-state index contributed by atoms with van der Waals surface area (Å²) in [5, 5.41) is 10.0. The summed E-state index contributed by atoms with van der Waals surface area (Å²) < 4.78 is 79.0. The molecule has 1 aromatic rings. The van der Waals surface area contributed by atoms with Crippen LogP contribution in [0.5, 0.6) is 0 Å². The highest BCUT2D eigenvalue weighted by molar-refractivity contribution is 7.72. The Kier molecular flexibility index (Phi) is 7.72. The fourth-order valence-electron chi connectivity index (χ4n) is 2.25. The molecule has 6 atom stereocenters. The molecule has 6 N–H and O–H groups in total. The number of nitrogens with zero attached hydrogens (tertiary/aromatic N) is 1. The lowest BCUT2D eigenvalue weighted by Crippen LogP contribution is -2.45. The molecule has 2 heterocycles. The van der Waals surface area contributed by atoms with Crippen molar-refractivity contribution < 1.29 is 65.0 Å². The standard InChI is InChI=1S/C9H13F2N2O12P3S2/c10-3-9(11)5(14)6(22-7(9)13-2-1-4(29)12-8(13)30)23-27(18,19)25-28(20,21)24-26(15,16)17/h1-2,5-7,14H,3H2,(H,18,19)(H,20,21)(H,12,29,30)(H2,15,16,17)/t5-,6+,7+,9?/m0/s1. The van der Waals surface area contributed by atoms with E-state index in [9.17, 15) is 28.1 Å². The summed E-state index contributed by atoms with van der Waals surface area (Å²) in [6.45, 7) is -1.90. The molecule has 0 amide bonds. The number of alkyl halides is 2. The molecule has 3 unspecified atom stereocenters. The molecular formula is C9H13F2N2O12P3S2. The molecular weight excluding hydrogens is 523 g/mol. The highest BCUT2D eigenvalue weighted by Crippen LogP contribution is 2.67. The molecule has 30 heavy (non-hydrogen) atoms. The topological polar surface area (TPSA) is 210 Å². The van der Waals surface area contributed by atoms with Gasteiger partial charge in [-0.25, -0.2) is 22.5 Å². The minimum atomic E-state index is -5.88. The SMILES string of the molecule is O=P(O)(O)OP(=O)(O)OP(=O)(O)O[C@H]1O[C@@H](n2ccc(=S)[nH]c2=S)C(F)(CF)[C@H]1O. The van der Waals surface area contributed by atoms with Crippen LogP contribution < -0.4 is 0 Å². The maximum atomic E-state index is 15.1. The second-order valence-electron chi connectivity index (χ2n) is 5.58. The van der Waals surface area contributed by atoms with Crippen LogP contribution in [0, 0.1) is 9.41 Å². The molecule has 0 spiro atoms. The van der Waals surface area contributed by atoms with Crippen molar-refractivity contribution >= 4 is 47.9 Å². The Labute approximate surface area is 175 Å². The number of halogens is 2. The van der Waals surface area contributed by atoms with Gasteiger partial charge in [0.05, 0.1) is 0 Å². The van der Waals surface area contributed by atoms with Crippen molar-refractivity contribution in [3.05, 3.63) is 21.7 Å². The first-order valence-corrected chi connectivity index (χ1v) is 12.6. The van der Waals surface area contributed by atoms with Crippen LogP contribution in [-0.2, 0) is 31.6 Å². The molecule has 14 nitrogen and oxygen atoms in total. The number of phosphoric acid groups is 3. The summed E-state index contributed by atoms with van der Waals surface area (Å²) >= 11 is 9.70. The highest BCUT2D eigenvalue weighted by Gasteiger charge is 2.61. The van der Waals surface area contributed by atoms with E-state index in [0.29, 0.717) is 0 Å². The zero-order chi connectivity index (χ0) is 23.1. The lowest BCUT2D eigenvalue weighted by molar-refractivity contribution is -0.135. The van der Waals surface area contributed by atoms with E-state index in [-0.39, 0.29) is 9.41 Å². The predicted octanol–water partition coefficient (Wildman–Crippen LogP) is 1.51. The molecule has 0 saturated carbocycles. The summed E-state index contributed by atoms with van der Waals surface area (Å²) in [6.07, 6.45) is -6.06. The smallest absolute Gasteiger partial charge is 0.384 e. The molecule has 0 radical (unpaired) electrons. The van der Waals surface area contributed by atoms with E-state index in [4.69, 9.17) is 43.9 Å². The first-order chi connectivity index (χ1) is 13.5. The molecule has 1 aliphatic rings. The highest BCUT2D eigenvalue weighted by atomic mass is 32.1. The Morgan fingerprint density at radius 1 is 1.20 bits per heavy atom. The number of phosphoric ester groups is 1. The fraction of sp³-hybridized carbons (Fsp3) is 0.556. The predicted molar refractivity (Wildman–Crippen MR) is 95.1 cm³/mol. The van der Waals surface area contributed by atoms with Gasteiger partial charge >= 0.3 is 23.5 Å². The zero-order valence-corrected chi connectivity index (χ0v) is 18.4. The number of aliphatic hydroxyl groups excluding tert-OH is 1. The third kappa shape index (κ3) is 6.15. The van der Waals surface area contributed by atoms with Crippen LogP contribution in [0.3, 0.4) is 0 Å². The van der Waals surface area contributed by atoms with E-state index in [1.54, 1.807) is 0 Å². The van der Waals surface area contributed by atoms with Crippen LogP contribution in [0.2, 0.25) is 0 Å². The Hall–Kier alpha value is -0.290. The van der Waals surface area contributed by atoms with Crippen LogP contribution >= 0.6 is 47.9 Å². The molecule has 1 aliphatic heterocycles. The summed E-state index contributed by atoms with van der Waals surface area (Å²) in [5.41, 5.74) is -3.29. The Morgan fingerprint density at radius 2 is 1.80 bits per heavy atom. The minimum Gasteiger partial charge on any atom is -0.384 e. The minimum absolute atomic E-state index is 0.115. The molecule has 0 aliphatic carbocycles. The molecule has 1 aromatic heterocycles. The van der Waals surface area contributed by atoms with E-state index >= 15 is 4.39 Å². The number of ether oxygens (including phenoxy) is 1. The van der Waals surface area contributed by atoms with Crippen molar-refractivity contribution in [1.82, 2.24) is 9.55 Å². The number of aliphatic hydroxyl groups is 1. The number of hydrogen-bond acceptors (Lipinski definition) is 10. The first kappa shape index (κ1) is 26.0. The Morgan fingerprint density at radius 3 is 2.30 bits per heavy atom. The van der Waals surface area contributed by atoms with E-state index in [1.807, 2.05) is 0 Å². The quantitative estimate of drug-likeness (QED) is 0.206. The van der Waals surface area contributed by atoms with Gasteiger partial charge < -0.3 is 34.4 Å². The molecule has 1 saturated heterocycles. The average molecular weight is 536 g/mol. The van der Waals surface area contributed by atoms with Gasteiger partial charge in [-0.2, -0.15) is 8.62 Å². The van der Waals surface area contributed by atoms with Crippen LogP contribution in [0.1, 0.15) is 6.23 Å². The van der Waals surface area contributed by atoms with Crippen LogP contribution in [0.4, 0.5) is 8.78 Å². The van der Waals surface area contributed by atoms with E-state index in [2.05, 4.69) is 18.1 Å². The van der Waals surface area contributed by atoms with E-state index in [0.717, 1.165) is 10.8 Å². The van der Waals surface area contributed by atoms with Gasteiger partial charge in [0.15, 0.2) is 11.0 Å². The second kappa shape index (κ2) is 8.92. The van der Waals surface area contributed by atoms with Crippen LogP contribution in [0.15, 0.2) is 12.3 Å². The Balaban J connectivity index is 2.29. The van der Waals surface area contributed by atoms with Gasteiger partial charge in [0.2, 0.25) is 12.0 Å². The van der Waals surface area contributed by atoms with Crippen molar-refractivity contribution in [3.8, 4) is 0 Å². The third-order valence-electron chi connectivity index (χ3n) is 3.38.